The van der Waals surface area contributed by atoms with E-state index in [9.17, 15) is 0 Å². The van der Waals surface area contributed by atoms with Crippen molar-refractivity contribution in [1.82, 2.24) is 15.5 Å². The average Bonchev–Trinajstić information content (AvgIpc) is 3.22. The minimum absolute atomic E-state index is 0. The number of nitrogens with zero attached hydrogens (tertiary/aromatic N) is 2. The van der Waals surface area contributed by atoms with E-state index >= 15 is 0 Å². The summed E-state index contributed by atoms with van der Waals surface area (Å²) in [4.78, 5) is 7.47. The Bertz CT molecular complexity index is 412. The average molecular weight is 466 g/mol. The molecule has 148 valence electrons. The molecular formula is C19H39IN4O. The van der Waals surface area contributed by atoms with E-state index in [0.717, 1.165) is 45.2 Å². The van der Waals surface area contributed by atoms with Crippen molar-refractivity contribution < 1.29 is 4.74 Å². The van der Waals surface area contributed by atoms with Gasteiger partial charge in [0.1, 0.15) is 0 Å². The quantitative estimate of drug-likeness (QED) is 0.237. The van der Waals surface area contributed by atoms with E-state index in [1.807, 2.05) is 0 Å². The first-order chi connectivity index (χ1) is 11.5. The number of rotatable bonds is 9. The molecule has 0 aromatic carbocycles. The molecule has 1 aliphatic heterocycles. The monoisotopic (exact) mass is 466 g/mol. The molecule has 2 rings (SSSR count). The Balaban J connectivity index is 0.00000312. The summed E-state index contributed by atoms with van der Waals surface area (Å²) in [6.45, 7) is 16.9. The molecule has 2 fully saturated rings. The zero-order valence-electron chi connectivity index (χ0n) is 16.8. The fraction of sp³-hybridized carbons (Fsp3) is 0.947. The Morgan fingerprint density at radius 2 is 2.00 bits per heavy atom. The molecule has 2 N–H and O–H groups in total. The first kappa shape index (κ1) is 23.0. The summed E-state index contributed by atoms with van der Waals surface area (Å²) in [6.07, 6.45) is 3.73. The Morgan fingerprint density at radius 3 is 2.52 bits per heavy atom. The van der Waals surface area contributed by atoms with Crippen molar-refractivity contribution in [2.45, 2.75) is 66.0 Å². The number of hydrogen-bond acceptors (Lipinski definition) is 3. The van der Waals surface area contributed by atoms with Crippen molar-refractivity contribution in [3.63, 3.8) is 0 Å². The van der Waals surface area contributed by atoms with Crippen molar-refractivity contribution in [2.24, 2.45) is 16.3 Å². The Morgan fingerprint density at radius 1 is 1.28 bits per heavy atom. The van der Waals surface area contributed by atoms with E-state index in [0.29, 0.717) is 23.4 Å². The molecule has 0 bridgehead atoms. The van der Waals surface area contributed by atoms with Crippen LogP contribution in [-0.4, -0.2) is 62.3 Å². The van der Waals surface area contributed by atoms with Crippen LogP contribution in [0.5, 0.6) is 0 Å². The summed E-state index contributed by atoms with van der Waals surface area (Å²) in [7, 11) is 0. The third-order valence-corrected chi connectivity index (χ3v) is 5.55. The summed E-state index contributed by atoms with van der Waals surface area (Å²) < 4.78 is 5.53. The molecule has 2 aliphatic rings. The Kier molecular flexibility index (Phi) is 10.0. The summed E-state index contributed by atoms with van der Waals surface area (Å²) >= 11 is 0. The van der Waals surface area contributed by atoms with Gasteiger partial charge in [0.05, 0.1) is 0 Å². The second kappa shape index (κ2) is 10.9. The predicted octanol–water partition coefficient (Wildman–Crippen LogP) is 3.10. The van der Waals surface area contributed by atoms with Crippen LogP contribution in [0.1, 0.15) is 53.9 Å². The van der Waals surface area contributed by atoms with Crippen molar-refractivity contribution in [3.05, 3.63) is 0 Å². The van der Waals surface area contributed by atoms with Crippen LogP contribution in [0.15, 0.2) is 4.99 Å². The lowest BCUT2D eigenvalue weighted by molar-refractivity contribution is 0.129. The van der Waals surface area contributed by atoms with Crippen molar-refractivity contribution in [3.8, 4) is 0 Å². The van der Waals surface area contributed by atoms with Gasteiger partial charge in [-0.25, -0.2) is 0 Å². The molecule has 2 atom stereocenters. The molecule has 5 nitrogen and oxygen atoms in total. The SMILES string of the molecule is CCNC(=NCC1(CCOCC)CC1)NC1CN(C(C)C)CC1C.I. The van der Waals surface area contributed by atoms with E-state index in [-0.39, 0.29) is 24.0 Å². The maximum atomic E-state index is 5.53. The van der Waals surface area contributed by atoms with E-state index in [4.69, 9.17) is 9.73 Å². The number of nitrogens with one attached hydrogen (secondary N) is 2. The van der Waals surface area contributed by atoms with Crippen LogP contribution in [0.2, 0.25) is 0 Å². The van der Waals surface area contributed by atoms with Crippen LogP contribution in [0.4, 0.5) is 0 Å². The minimum atomic E-state index is 0. The summed E-state index contributed by atoms with van der Waals surface area (Å²) in [5.41, 5.74) is 0.406. The molecule has 6 heteroatoms. The second-order valence-electron chi connectivity index (χ2n) is 7.92. The van der Waals surface area contributed by atoms with E-state index in [1.165, 1.54) is 19.4 Å². The molecule has 0 spiro atoms. The van der Waals surface area contributed by atoms with Gasteiger partial charge < -0.3 is 15.4 Å². The number of aliphatic imine (C=N–C) groups is 1. The molecule has 0 aromatic heterocycles. The first-order valence-electron chi connectivity index (χ1n) is 9.86. The zero-order valence-corrected chi connectivity index (χ0v) is 19.1. The lowest BCUT2D eigenvalue weighted by Gasteiger charge is -2.22. The maximum Gasteiger partial charge on any atom is 0.191 e. The zero-order chi connectivity index (χ0) is 17.6. The fourth-order valence-electron chi connectivity index (χ4n) is 3.45. The molecule has 0 radical (unpaired) electrons. The standard InChI is InChI=1S/C19H38N4O.HI/c1-6-20-18(21-14-19(8-9-19)10-11-24-7-2)22-17-13-23(15(3)4)12-16(17)5;/h15-17H,6-14H2,1-5H3,(H2,20,21,22);1H. The summed E-state index contributed by atoms with van der Waals surface area (Å²) in [5, 5.41) is 7.12. The molecule has 0 aromatic rings. The van der Waals surface area contributed by atoms with Gasteiger partial charge in [0.2, 0.25) is 0 Å². The van der Waals surface area contributed by atoms with Gasteiger partial charge in [-0.05, 0) is 58.3 Å². The van der Waals surface area contributed by atoms with Crippen molar-refractivity contribution in [1.29, 1.82) is 0 Å². The molecule has 25 heavy (non-hydrogen) atoms. The normalized spacial score (nSPS) is 25.8. The van der Waals surface area contributed by atoms with Gasteiger partial charge in [-0.2, -0.15) is 0 Å². The lowest BCUT2D eigenvalue weighted by Crippen LogP contribution is -2.47. The molecule has 1 aliphatic carbocycles. The fourth-order valence-corrected chi connectivity index (χ4v) is 3.45. The third kappa shape index (κ3) is 7.21. The smallest absolute Gasteiger partial charge is 0.191 e. The van der Waals surface area contributed by atoms with Crippen LogP contribution in [-0.2, 0) is 4.74 Å². The Labute approximate surface area is 171 Å². The largest absolute Gasteiger partial charge is 0.382 e. The van der Waals surface area contributed by atoms with E-state index in [1.54, 1.807) is 0 Å². The Hall–Kier alpha value is -0.0800. The number of halogens is 1. The first-order valence-corrected chi connectivity index (χ1v) is 9.86. The molecule has 1 heterocycles. The number of likely N-dealkylation sites (tertiary alicyclic amines) is 1. The molecule has 1 saturated heterocycles. The van der Waals surface area contributed by atoms with Crippen LogP contribution in [0.3, 0.4) is 0 Å². The van der Waals surface area contributed by atoms with Gasteiger partial charge in [0, 0.05) is 51.5 Å². The van der Waals surface area contributed by atoms with Crippen molar-refractivity contribution >= 4 is 29.9 Å². The van der Waals surface area contributed by atoms with Gasteiger partial charge in [-0.1, -0.05) is 6.92 Å². The highest BCUT2D eigenvalue weighted by atomic mass is 127. The van der Waals surface area contributed by atoms with Gasteiger partial charge in [0.25, 0.3) is 0 Å². The van der Waals surface area contributed by atoms with E-state index < -0.39 is 0 Å². The topological polar surface area (TPSA) is 48.9 Å². The second-order valence-corrected chi connectivity index (χ2v) is 7.92. The number of guanidine groups is 1. The summed E-state index contributed by atoms with van der Waals surface area (Å²) in [6, 6.07) is 1.11. The van der Waals surface area contributed by atoms with Gasteiger partial charge in [-0.3, -0.25) is 9.89 Å². The van der Waals surface area contributed by atoms with E-state index in [2.05, 4.69) is 50.2 Å². The minimum Gasteiger partial charge on any atom is -0.382 e. The van der Waals surface area contributed by atoms with Crippen LogP contribution < -0.4 is 10.6 Å². The highest BCUT2D eigenvalue weighted by Crippen LogP contribution is 2.49. The molecule has 1 saturated carbocycles. The third-order valence-electron chi connectivity index (χ3n) is 5.55. The number of hydrogen-bond donors (Lipinski definition) is 2. The maximum absolute atomic E-state index is 5.53. The number of ether oxygens (including phenoxy) is 1. The summed E-state index contributed by atoms with van der Waals surface area (Å²) in [5.74, 6) is 1.65. The van der Waals surface area contributed by atoms with Gasteiger partial charge in [-0.15, -0.1) is 24.0 Å². The van der Waals surface area contributed by atoms with Gasteiger partial charge >= 0.3 is 0 Å². The van der Waals surface area contributed by atoms with Crippen LogP contribution in [0.25, 0.3) is 0 Å². The van der Waals surface area contributed by atoms with Crippen molar-refractivity contribution in [2.75, 3.05) is 39.4 Å². The molecule has 0 amide bonds. The molecule has 2 unspecified atom stereocenters. The highest BCUT2D eigenvalue weighted by Gasteiger charge is 2.42. The van der Waals surface area contributed by atoms with Crippen LogP contribution >= 0.6 is 24.0 Å². The molecular weight excluding hydrogens is 427 g/mol. The highest BCUT2D eigenvalue weighted by molar-refractivity contribution is 14.0. The lowest BCUT2D eigenvalue weighted by atomic mass is 10.0. The van der Waals surface area contributed by atoms with Gasteiger partial charge in [0.15, 0.2) is 5.96 Å². The van der Waals surface area contributed by atoms with Crippen LogP contribution in [0, 0.1) is 11.3 Å². The predicted molar refractivity (Wildman–Crippen MR) is 117 cm³/mol.